The number of rotatable bonds is 0. The van der Waals surface area contributed by atoms with Gasteiger partial charge in [0.1, 0.15) is 0 Å². The normalized spacial score (nSPS) is 3.57. The molecule has 38 valence electrons. The van der Waals surface area contributed by atoms with Gasteiger partial charge in [0.15, 0.2) is 0 Å². The van der Waals surface area contributed by atoms with Crippen molar-refractivity contribution in [1.29, 1.82) is 0 Å². The summed E-state index contributed by atoms with van der Waals surface area (Å²) in [6.07, 6.45) is 0. The fourth-order valence-electron chi connectivity index (χ4n) is 0. The molecule has 0 aliphatic carbocycles. The van der Waals surface area contributed by atoms with E-state index in [4.69, 9.17) is 9.90 Å². The number of carboxylic acids is 1. The summed E-state index contributed by atoms with van der Waals surface area (Å²) in [7, 11) is 0. The third-order valence-corrected chi connectivity index (χ3v) is 0. The Balaban J connectivity index is -0.0000000150. The van der Waals surface area contributed by atoms with Crippen LogP contribution in [0.1, 0.15) is 6.92 Å². The molecule has 0 aromatic carbocycles. The van der Waals surface area contributed by atoms with Crippen LogP contribution in [0.5, 0.6) is 0 Å². The molecule has 0 heterocycles. The van der Waals surface area contributed by atoms with Gasteiger partial charge in [-0.3, -0.25) is 4.79 Å². The summed E-state index contributed by atoms with van der Waals surface area (Å²) in [6, 6.07) is 0. The summed E-state index contributed by atoms with van der Waals surface area (Å²) in [6.45, 7) is 1.08. The van der Waals surface area contributed by atoms with Crippen molar-refractivity contribution in [3.8, 4) is 0 Å². The molecule has 0 amide bonds. The van der Waals surface area contributed by atoms with E-state index in [0.717, 1.165) is 6.92 Å². The van der Waals surface area contributed by atoms with Crippen molar-refractivity contribution in [1.82, 2.24) is 0 Å². The second-order valence-corrected chi connectivity index (χ2v) is 0.519. The summed E-state index contributed by atoms with van der Waals surface area (Å²) in [5.74, 6) is -0.833. The van der Waals surface area contributed by atoms with E-state index in [0.29, 0.717) is 0 Å². The van der Waals surface area contributed by atoms with E-state index < -0.39 is 5.97 Å². The van der Waals surface area contributed by atoms with Gasteiger partial charge in [-0.05, 0) is 0 Å². The molecule has 0 aliphatic heterocycles. The first-order valence-electron chi connectivity index (χ1n) is 0.928. The monoisotopic (exact) mass is 260 g/mol. The standard InChI is InChI=1S/C2H4O2.Ba.ClH.Na.3H/c1-2(3)4;;;;;;/h1H3,(H,3,4);;1H;;;;. The second-order valence-electron chi connectivity index (χ2n) is 0.519. The molecule has 0 saturated carbocycles. The van der Waals surface area contributed by atoms with Gasteiger partial charge in [0.2, 0.25) is 0 Å². The van der Waals surface area contributed by atoms with Gasteiger partial charge in [-0.25, -0.2) is 0 Å². The average Bonchev–Trinajstić information content (AvgIpc) is 0.811. The predicted octanol–water partition coefficient (Wildman–Crippen LogP) is -1.05. The summed E-state index contributed by atoms with van der Waals surface area (Å²) < 4.78 is 0. The van der Waals surface area contributed by atoms with E-state index in [9.17, 15) is 0 Å². The molecule has 0 fully saturated rings. The Kier molecular flexibility index (Phi) is 51.3. The van der Waals surface area contributed by atoms with Crippen LogP contribution in [0.3, 0.4) is 0 Å². The Hall–Kier alpha value is 2.33. The molecule has 0 atom stereocenters. The van der Waals surface area contributed by atoms with Gasteiger partial charge in [-0.1, -0.05) is 0 Å². The summed E-state index contributed by atoms with van der Waals surface area (Å²) >= 11 is 0. The van der Waals surface area contributed by atoms with E-state index in [1.54, 1.807) is 0 Å². The van der Waals surface area contributed by atoms with Crippen molar-refractivity contribution in [3.63, 3.8) is 0 Å². The molecule has 5 heteroatoms. The second kappa shape index (κ2) is 15.8. The van der Waals surface area contributed by atoms with Crippen LogP contribution in [0.25, 0.3) is 0 Å². The van der Waals surface area contributed by atoms with Gasteiger partial charge in [-0.2, -0.15) is 0 Å². The van der Waals surface area contributed by atoms with Gasteiger partial charge >= 0.3 is 78.4 Å². The van der Waals surface area contributed by atoms with Crippen LogP contribution < -0.4 is 0 Å². The fraction of sp³-hybridized carbons (Fsp3) is 0.500. The van der Waals surface area contributed by atoms with Crippen LogP contribution in [0.2, 0.25) is 0 Å². The Bertz CT molecular complexity index is 38.7. The fourth-order valence-corrected chi connectivity index (χ4v) is 0. The molecule has 0 aliphatic rings. The molecule has 7 heavy (non-hydrogen) atoms. The van der Waals surface area contributed by atoms with Crippen molar-refractivity contribution in [2.24, 2.45) is 0 Å². The van der Waals surface area contributed by atoms with Gasteiger partial charge in [-0.15, -0.1) is 12.4 Å². The summed E-state index contributed by atoms with van der Waals surface area (Å²) in [4.78, 5) is 9.00. The molecule has 0 unspecified atom stereocenters. The molecule has 0 spiro atoms. The maximum atomic E-state index is 9.00. The molecule has 0 aromatic heterocycles. The van der Waals surface area contributed by atoms with Crippen molar-refractivity contribution < 1.29 is 9.90 Å². The van der Waals surface area contributed by atoms with E-state index in [1.165, 1.54) is 0 Å². The summed E-state index contributed by atoms with van der Waals surface area (Å²) in [5, 5.41) is 7.42. The maximum absolute atomic E-state index is 9.00. The molecule has 0 aromatic rings. The zero-order valence-electron chi connectivity index (χ0n) is 2.76. The third kappa shape index (κ3) is 61.4. The molecule has 0 rings (SSSR count). The minimum atomic E-state index is -0.833. The number of carbonyl (C=O) groups is 1. The Morgan fingerprint density at radius 1 is 1.57 bits per heavy atom. The topological polar surface area (TPSA) is 37.3 Å². The van der Waals surface area contributed by atoms with Crippen molar-refractivity contribution >= 4 is 96.8 Å². The number of carboxylic acid groups (broad SMARTS) is 1. The molecule has 2 nitrogen and oxygen atoms in total. The van der Waals surface area contributed by atoms with Crippen molar-refractivity contribution in [2.75, 3.05) is 0 Å². The zero-order valence-corrected chi connectivity index (χ0v) is 3.58. The minimum absolute atomic E-state index is 0. The molecule has 0 saturated heterocycles. The first kappa shape index (κ1) is 22.8. The number of hydrogen-bond acceptors (Lipinski definition) is 1. The molecular weight excluding hydrogens is 252 g/mol. The summed E-state index contributed by atoms with van der Waals surface area (Å²) in [5.41, 5.74) is 0. The number of aliphatic carboxylic acids is 1. The van der Waals surface area contributed by atoms with Crippen LogP contribution in [0.15, 0.2) is 0 Å². The molecule has 0 bridgehead atoms. The van der Waals surface area contributed by atoms with Gasteiger partial charge < -0.3 is 5.11 Å². The van der Waals surface area contributed by atoms with E-state index in [1.807, 2.05) is 0 Å². The average molecular weight is 260 g/mol. The predicted molar refractivity (Wildman–Crippen MR) is 36.3 cm³/mol. The zero-order chi connectivity index (χ0) is 3.58. The van der Waals surface area contributed by atoms with Gasteiger partial charge in [0, 0.05) is 6.92 Å². The molecule has 1 N–H and O–H groups in total. The van der Waals surface area contributed by atoms with Crippen LogP contribution >= 0.6 is 12.4 Å². The van der Waals surface area contributed by atoms with Crippen LogP contribution in [0, 0.1) is 0 Å². The van der Waals surface area contributed by atoms with Crippen LogP contribution in [-0.2, 0) is 4.79 Å². The van der Waals surface area contributed by atoms with Crippen molar-refractivity contribution in [3.05, 3.63) is 0 Å². The SMILES string of the molecule is CC(=O)O.Cl.[BaH2].[NaH]. The quantitative estimate of drug-likeness (QED) is 0.564. The first-order chi connectivity index (χ1) is 1.73. The number of halogens is 1. The number of hydrogen-bond donors (Lipinski definition) is 1. The first-order valence-corrected chi connectivity index (χ1v) is 0.928. The molecule has 0 radical (unpaired) electrons. The Labute approximate surface area is 111 Å². The van der Waals surface area contributed by atoms with Gasteiger partial charge in [0.05, 0.1) is 0 Å². The van der Waals surface area contributed by atoms with Crippen molar-refractivity contribution in [2.45, 2.75) is 6.92 Å². The Morgan fingerprint density at radius 3 is 1.57 bits per heavy atom. The third-order valence-electron chi connectivity index (χ3n) is 0. The van der Waals surface area contributed by atoms with Crippen LogP contribution in [-0.4, -0.2) is 89.5 Å². The van der Waals surface area contributed by atoms with E-state index in [-0.39, 0.29) is 90.8 Å². The van der Waals surface area contributed by atoms with E-state index >= 15 is 0 Å². The van der Waals surface area contributed by atoms with Gasteiger partial charge in [0.25, 0.3) is 5.97 Å². The Morgan fingerprint density at radius 2 is 1.57 bits per heavy atom. The van der Waals surface area contributed by atoms with Crippen LogP contribution in [0.4, 0.5) is 0 Å². The molecular formula is C2H8BaClNaO2. The van der Waals surface area contributed by atoms with E-state index in [2.05, 4.69) is 0 Å².